The normalized spacial score (nSPS) is 10.4. The zero-order chi connectivity index (χ0) is 19.2. The average molecular weight is 368 g/mol. The van der Waals surface area contributed by atoms with Gasteiger partial charge in [-0.3, -0.25) is 14.4 Å². The highest BCUT2D eigenvalue weighted by atomic mass is 16.5. The van der Waals surface area contributed by atoms with Crippen molar-refractivity contribution in [2.24, 2.45) is 0 Å². The van der Waals surface area contributed by atoms with Crippen LogP contribution in [0.25, 0.3) is 10.9 Å². The van der Waals surface area contributed by atoms with Gasteiger partial charge in [0.2, 0.25) is 0 Å². The number of carbonyl (C=O) groups excluding carboxylic acids is 2. The summed E-state index contributed by atoms with van der Waals surface area (Å²) in [4.78, 5) is 36.1. The highest BCUT2D eigenvalue weighted by Gasteiger charge is 2.11. The average Bonchev–Trinajstić information content (AvgIpc) is 2.71. The molecule has 138 valence electrons. The van der Waals surface area contributed by atoms with Crippen molar-refractivity contribution in [3.8, 4) is 5.75 Å². The molecule has 2 aromatic carbocycles. The van der Waals surface area contributed by atoms with Gasteiger partial charge in [0.15, 0.2) is 6.73 Å². The molecule has 1 heterocycles. The Hall–Kier alpha value is -3.75. The van der Waals surface area contributed by atoms with Crippen molar-refractivity contribution in [2.45, 2.75) is 6.73 Å². The predicted octanol–water partition coefficient (Wildman–Crippen LogP) is 0.731. The van der Waals surface area contributed by atoms with Crippen LogP contribution in [0.3, 0.4) is 0 Å². The number of benzene rings is 2. The Morgan fingerprint density at radius 2 is 1.96 bits per heavy atom. The smallest absolute Gasteiger partial charge is 0.327 e. The van der Waals surface area contributed by atoms with E-state index in [4.69, 9.17) is 9.47 Å². The molecule has 0 spiro atoms. The molecule has 9 heteroatoms. The molecular weight excluding hydrogens is 352 g/mol. The molecule has 0 unspecified atom stereocenters. The lowest BCUT2D eigenvalue weighted by atomic mass is 10.2. The summed E-state index contributed by atoms with van der Waals surface area (Å²) in [5.74, 6) is -0.638. The summed E-state index contributed by atoms with van der Waals surface area (Å²) in [5, 5.41) is 10.4. The Bertz CT molecular complexity index is 1050. The molecule has 0 aliphatic carbocycles. The minimum absolute atomic E-state index is 0.346. The third-order valence-corrected chi connectivity index (χ3v) is 3.70. The van der Waals surface area contributed by atoms with Crippen molar-refractivity contribution in [1.82, 2.24) is 20.3 Å². The van der Waals surface area contributed by atoms with Crippen molar-refractivity contribution in [1.29, 1.82) is 0 Å². The van der Waals surface area contributed by atoms with E-state index in [-0.39, 0.29) is 6.54 Å². The summed E-state index contributed by atoms with van der Waals surface area (Å²) in [6.45, 7) is -0.754. The second-order valence-corrected chi connectivity index (χ2v) is 5.47. The van der Waals surface area contributed by atoms with Crippen LogP contribution in [0.5, 0.6) is 5.75 Å². The molecular formula is C18H16N4O5. The summed E-state index contributed by atoms with van der Waals surface area (Å²) in [6.07, 6.45) is 0. The van der Waals surface area contributed by atoms with Crippen LogP contribution in [0, 0.1) is 0 Å². The van der Waals surface area contributed by atoms with E-state index in [0.717, 1.165) is 4.68 Å². The van der Waals surface area contributed by atoms with Gasteiger partial charge in [-0.25, -0.2) is 0 Å². The van der Waals surface area contributed by atoms with Crippen LogP contribution in [-0.2, 0) is 16.3 Å². The number of fused-ring (bicyclic) bond motifs is 1. The number of rotatable bonds is 6. The van der Waals surface area contributed by atoms with Gasteiger partial charge in [0.25, 0.3) is 11.5 Å². The Labute approximate surface area is 153 Å². The fourth-order valence-electron chi connectivity index (χ4n) is 2.31. The first-order valence-electron chi connectivity index (χ1n) is 7.99. The molecule has 0 fully saturated rings. The molecule has 0 aliphatic rings. The SMILES string of the molecule is COc1cccc(C(=O)NCC(=O)OCn2nnc3ccccc3c2=O)c1. The van der Waals surface area contributed by atoms with Gasteiger partial charge in [-0.05, 0) is 30.3 Å². The first-order valence-corrected chi connectivity index (χ1v) is 7.99. The molecule has 0 atom stereocenters. The van der Waals surface area contributed by atoms with E-state index in [1.165, 1.54) is 7.11 Å². The van der Waals surface area contributed by atoms with Gasteiger partial charge in [0.1, 0.15) is 17.8 Å². The van der Waals surface area contributed by atoms with Gasteiger partial charge >= 0.3 is 5.97 Å². The minimum Gasteiger partial charge on any atom is -0.497 e. The maximum atomic E-state index is 12.2. The van der Waals surface area contributed by atoms with Crippen molar-refractivity contribution >= 4 is 22.8 Å². The van der Waals surface area contributed by atoms with E-state index in [1.54, 1.807) is 48.5 Å². The molecule has 0 bridgehead atoms. The molecule has 1 aromatic heterocycles. The van der Waals surface area contributed by atoms with Crippen LogP contribution in [0.15, 0.2) is 53.3 Å². The summed E-state index contributed by atoms with van der Waals surface area (Å²) < 4.78 is 10.9. The quantitative estimate of drug-likeness (QED) is 0.638. The van der Waals surface area contributed by atoms with E-state index in [1.807, 2.05) is 0 Å². The van der Waals surface area contributed by atoms with Crippen LogP contribution < -0.4 is 15.6 Å². The largest absolute Gasteiger partial charge is 0.497 e. The van der Waals surface area contributed by atoms with Gasteiger partial charge in [0.05, 0.1) is 12.5 Å². The van der Waals surface area contributed by atoms with E-state index >= 15 is 0 Å². The maximum Gasteiger partial charge on any atom is 0.327 e. The van der Waals surface area contributed by atoms with Crippen LogP contribution >= 0.6 is 0 Å². The highest BCUT2D eigenvalue weighted by Crippen LogP contribution is 2.12. The summed E-state index contributed by atoms with van der Waals surface area (Å²) >= 11 is 0. The zero-order valence-corrected chi connectivity index (χ0v) is 14.4. The van der Waals surface area contributed by atoms with Gasteiger partial charge in [-0.2, -0.15) is 4.68 Å². The Kier molecular flexibility index (Phi) is 5.41. The molecule has 1 amide bonds. The Balaban J connectivity index is 1.56. The van der Waals surface area contributed by atoms with Crippen molar-refractivity contribution in [3.05, 3.63) is 64.4 Å². The van der Waals surface area contributed by atoms with Gasteiger partial charge in [-0.1, -0.05) is 23.4 Å². The Morgan fingerprint density at radius 1 is 1.15 bits per heavy atom. The van der Waals surface area contributed by atoms with Crippen LogP contribution in [-0.4, -0.2) is 40.5 Å². The van der Waals surface area contributed by atoms with Gasteiger partial charge in [-0.15, -0.1) is 5.10 Å². The van der Waals surface area contributed by atoms with Crippen LogP contribution in [0.2, 0.25) is 0 Å². The number of hydrogen-bond acceptors (Lipinski definition) is 7. The summed E-state index contributed by atoms with van der Waals surface area (Å²) in [5.41, 5.74) is 0.378. The lowest BCUT2D eigenvalue weighted by Crippen LogP contribution is -2.32. The van der Waals surface area contributed by atoms with E-state index in [9.17, 15) is 14.4 Å². The fourth-order valence-corrected chi connectivity index (χ4v) is 2.31. The van der Waals surface area contributed by atoms with Crippen molar-refractivity contribution in [2.75, 3.05) is 13.7 Å². The summed E-state index contributed by atoms with van der Waals surface area (Å²) in [6, 6.07) is 13.2. The van der Waals surface area contributed by atoms with E-state index in [2.05, 4.69) is 15.6 Å². The molecule has 0 saturated heterocycles. The standard InChI is InChI=1S/C18H16N4O5/c1-26-13-6-4-5-12(9-13)17(24)19-10-16(23)27-11-22-18(25)14-7-2-3-8-15(14)20-21-22/h2-9H,10-11H2,1H3,(H,19,24). The minimum atomic E-state index is -0.715. The third kappa shape index (κ3) is 4.27. The van der Waals surface area contributed by atoms with Crippen molar-refractivity contribution < 1.29 is 19.1 Å². The second-order valence-electron chi connectivity index (χ2n) is 5.47. The van der Waals surface area contributed by atoms with E-state index < -0.39 is 24.2 Å². The number of hydrogen-bond donors (Lipinski definition) is 1. The number of carbonyl (C=O) groups is 2. The molecule has 3 rings (SSSR count). The van der Waals surface area contributed by atoms with Crippen LogP contribution in [0.4, 0.5) is 0 Å². The first-order chi connectivity index (χ1) is 13.1. The first kappa shape index (κ1) is 18.1. The van der Waals surface area contributed by atoms with Gasteiger partial charge < -0.3 is 14.8 Å². The summed E-state index contributed by atoms with van der Waals surface area (Å²) in [7, 11) is 1.49. The monoisotopic (exact) mass is 368 g/mol. The number of nitrogens with one attached hydrogen (secondary N) is 1. The number of amides is 1. The number of esters is 1. The number of aromatic nitrogens is 3. The molecule has 1 N–H and O–H groups in total. The molecule has 27 heavy (non-hydrogen) atoms. The van der Waals surface area contributed by atoms with Crippen molar-refractivity contribution in [3.63, 3.8) is 0 Å². The lowest BCUT2D eigenvalue weighted by molar-refractivity contribution is -0.146. The molecule has 0 aliphatic heterocycles. The maximum absolute atomic E-state index is 12.2. The highest BCUT2D eigenvalue weighted by molar-refractivity contribution is 5.96. The second kappa shape index (κ2) is 8.09. The lowest BCUT2D eigenvalue weighted by Gasteiger charge is -2.08. The number of nitrogens with zero attached hydrogens (tertiary/aromatic N) is 3. The number of ether oxygens (including phenoxy) is 2. The Morgan fingerprint density at radius 3 is 2.78 bits per heavy atom. The molecule has 0 radical (unpaired) electrons. The van der Waals surface area contributed by atoms with Gasteiger partial charge in [0, 0.05) is 5.56 Å². The fraction of sp³-hybridized carbons (Fsp3) is 0.167. The molecule has 0 saturated carbocycles. The predicted molar refractivity (Wildman–Crippen MR) is 95.2 cm³/mol. The molecule has 3 aromatic rings. The number of methoxy groups -OCH3 is 1. The zero-order valence-electron chi connectivity index (χ0n) is 14.4. The third-order valence-electron chi connectivity index (χ3n) is 3.70. The van der Waals surface area contributed by atoms with Crippen LogP contribution in [0.1, 0.15) is 10.4 Å². The topological polar surface area (TPSA) is 112 Å². The molecule has 9 nitrogen and oxygen atoms in total. The van der Waals surface area contributed by atoms with E-state index in [0.29, 0.717) is 22.2 Å².